The van der Waals surface area contributed by atoms with Gasteiger partial charge in [-0.15, -0.1) is 0 Å². The van der Waals surface area contributed by atoms with Crippen LogP contribution in [0.15, 0.2) is 53.6 Å². The first-order valence-corrected chi connectivity index (χ1v) is 11.3. The average Bonchev–Trinajstić information content (AvgIpc) is 3.22. The predicted octanol–water partition coefficient (Wildman–Crippen LogP) is 5.17. The van der Waals surface area contributed by atoms with Crippen LogP contribution in [0.1, 0.15) is 37.8 Å². The largest absolute Gasteiger partial charge is 0.365 e. The summed E-state index contributed by atoms with van der Waals surface area (Å²) in [6, 6.07) is 12.1. The minimum Gasteiger partial charge on any atom is -0.320 e. The zero-order valence-corrected chi connectivity index (χ0v) is 19.9. The van der Waals surface area contributed by atoms with Gasteiger partial charge in [0.2, 0.25) is 0 Å². The molecule has 9 heteroatoms. The number of hydrazone groups is 1. The Bertz CT molecular complexity index is 929. The van der Waals surface area contributed by atoms with E-state index in [1.807, 2.05) is 51.2 Å². The summed E-state index contributed by atoms with van der Waals surface area (Å²) in [5.41, 5.74) is 0.851. The van der Waals surface area contributed by atoms with Gasteiger partial charge in [0, 0.05) is 12.6 Å². The molecule has 0 spiro atoms. The van der Waals surface area contributed by atoms with E-state index in [2.05, 4.69) is 10.4 Å². The summed E-state index contributed by atoms with van der Waals surface area (Å²) in [4.78, 5) is 17.3. The number of carbonyl (C=O) groups excluding carboxylic acids is 1. The van der Waals surface area contributed by atoms with E-state index in [4.69, 9.17) is 4.84 Å². The Balaban J connectivity index is 0.00000176. The highest BCUT2D eigenvalue weighted by molar-refractivity contribution is 8.15. The molecule has 0 fully saturated rings. The molecule has 0 saturated carbocycles. The summed E-state index contributed by atoms with van der Waals surface area (Å²) in [7, 11) is 4.71. The van der Waals surface area contributed by atoms with Crippen LogP contribution in [0.4, 0.5) is 13.6 Å². The van der Waals surface area contributed by atoms with E-state index < -0.39 is 22.5 Å². The molecular weight excluding hydrogens is 434 g/mol. The molecular formula is C23H30F2N4O2S. The van der Waals surface area contributed by atoms with Gasteiger partial charge in [-0.1, -0.05) is 55.9 Å². The van der Waals surface area contributed by atoms with Crippen molar-refractivity contribution in [3.05, 3.63) is 71.3 Å². The number of nitrogens with one attached hydrogen (secondary N) is 1. The smallest absolute Gasteiger partial charge is 0.320 e. The van der Waals surface area contributed by atoms with Gasteiger partial charge >= 0.3 is 6.03 Å². The highest BCUT2D eigenvalue weighted by atomic mass is 32.2. The van der Waals surface area contributed by atoms with Crippen LogP contribution in [0, 0.1) is 11.6 Å². The van der Waals surface area contributed by atoms with Crippen LogP contribution in [-0.4, -0.2) is 48.9 Å². The Morgan fingerprint density at radius 3 is 2.53 bits per heavy atom. The quantitative estimate of drug-likeness (QED) is 0.454. The normalized spacial score (nSPS) is 17.5. The molecule has 2 aromatic rings. The van der Waals surface area contributed by atoms with Gasteiger partial charge in [0.1, 0.15) is 21.5 Å². The number of urea groups is 1. The van der Waals surface area contributed by atoms with Gasteiger partial charge in [-0.3, -0.25) is 4.84 Å². The maximum atomic E-state index is 14.5. The molecule has 0 bridgehead atoms. The molecule has 0 aromatic heterocycles. The number of amides is 2. The molecule has 0 aliphatic carbocycles. The number of hydroxylamine groups is 2. The summed E-state index contributed by atoms with van der Waals surface area (Å²) < 4.78 is 28.4. The molecule has 1 aliphatic heterocycles. The van der Waals surface area contributed by atoms with Crippen LogP contribution in [-0.2, 0) is 9.71 Å². The molecule has 174 valence electrons. The second-order valence-electron chi connectivity index (χ2n) is 6.76. The first kappa shape index (κ1) is 25.8. The number of hydrogen-bond acceptors (Lipinski definition) is 5. The van der Waals surface area contributed by atoms with Crippen molar-refractivity contribution in [1.29, 1.82) is 0 Å². The highest BCUT2D eigenvalue weighted by Gasteiger charge is 2.49. The van der Waals surface area contributed by atoms with Crippen molar-refractivity contribution in [3.63, 3.8) is 0 Å². The molecule has 2 aromatic carbocycles. The zero-order chi connectivity index (χ0) is 23.7. The van der Waals surface area contributed by atoms with E-state index in [-0.39, 0.29) is 10.6 Å². The molecule has 1 atom stereocenters. The monoisotopic (exact) mass is 464 g/mol. The Morgan fingerprint density at radius 1 is 1.22 bits per heavy atom. The van der Waals surface area contributed by atoms with Crippen molar-refractivity contribution in [3.8, 4) is 0 Å². The molecule has 32 heavy (non-hydrogen) atoms. The van der Waals surface area contributed by atoms with Crippen molar-refractivity contribution >= 4 is 22.8 Å². The Morgan fingerprint density at radius 2 is 1.91 bits per heavy atom. The SMILES string of the molecule is CC.CNCCCC1(c2ccccc2)SC(c2cc(F)ccc2F)=NN1C(=O)N(C)OC. The van der Waals surface area contributed by atoms with Crippen LogP contribution in [0.2, 0.25) is 0 Å². The molecule has 1 aliphatic rings. The molecule has 6 nitrogen and oxygen atoms in total. The topological polar surface area (TPSA) is 57.2 Å². The lowest BCUT2D eigenvalue weighted by Gasteiger charge is -2.37. The summed E-state index contributed by atoms with van der Waals surface area (Å²) >= 11 is 1.24. The number of hydrogen-bond donors (Lipinski definition) is 1. The fourth-order valence-corrected chi connectivity index (χ4v) is 4.67. The first-order valence-electron chi connectivity index (χ1n) is 10.5. The highest BCUT2D eigenvalue weighted by Crippen LogP contribution is 2.50. The Hall–Kier alpha value is -2.49. The van der Waals surface area contributed by atoms with Crippen molar-refractivity contribution < 1.29 is 18.4 Å². The van der Waals surface area contributed by atoms with Crippen LogP contribution >= 0.6 is 11.8 Å². The standard InChI is InChI=1S/C21H24F2N4O2S.C2H6/c1-24-13-7-12-21(15-8-5-4-6-9-15)27(20(28)26(2)29-3)25-19(30-21)17-14-16(22)10-11-18(17)23;1-2/h4-6,8-11,14,24H,7,12-13H2,1-3H3;1-2H3. The van der Waals surface area contributed by atoms with Crippen molar-refractivity contribution in [1.82, 2.24) is 15.4 Å². The third-order valence-electron chi connectivity index (χ3n) is 4.85. The molecule has 0 radical (unpaired) electrons. The van der Waals surface area contributed by atoms with E-state index >= 15 is 0 Å². The third kappa shape index (κ3) is 5.46. The van der Waals surface area contributed by atoms with E-state index in [0.29, 0.717) is 6.42 Å². The molecule has 2 amide bonds. The summed E-state index contributed by atoms with van der Waals surface area (Å²) in [6.07, 6.45) is 1.27. The maximum absolute atomic E-state index is 14.5. The number of halogens is 2. The Labute approximate surface area is 192 Å². The first-order chi connectivity index (χ1) is 15.4. The number of nitrogens with zero attached hydrogens (tertiary/aromatic N) is 3. The van der Waals surface area contributed by atoms with Crippen LogP contribution < -0.4 is 5.32 Å². The molecule has 1 unspecified atom stereocenters. The average molecular weight is 465 g/mol. The molecule has 1 N–H and O–H groups in total. The number of thioether (sulfide) groups is 1. The zero-order valence-electron chi connectivity index (χ0n) is 19.1. The minimum absolute atomic E-state index is 0.0179. The van der Waals surface area contributed by atoms with E-state index in [0.717, 1.165) is 41.8 Å². The second kappa shape index (κ2) is 11.9. The number of carbonyl (C=O) groups is 1. The van der Waals surface area contributed by atoms with Crippen molar-refractivity contribution in [2.75, 3.05) is 27.7 Å². The van der Waals surface area contributed by atoms with Crippen molar-refractivity contribution in [2.45, 2.75) is 31.6 Å². The minimum atomic E-state index is -0.934. The second-order valence-corrected chi connectivity index (χ2v) is 8.03. The summed E-state index contributed by atoms with van der Waals surface area (Å²) in [6.45, 7) is 4.72. The van der Waals surface area contributed by atoms with Gasteiger partial charge in [0.15, 0.2) is 0 Å². The fourth-order valence-electron chi connectivity index (χ4n) is 3.26. The molecule has 1 heterocycles. The lowest BCUT2D eigenvalue weighted by Crippen LogP contribution is -2.47. The van der Waals surface area contributed by atoms with Crippen LogP contribution in [0.5, 0.6) is 0 Å². The van der Waals surface area contributed by atoms with E-state index in [1.54, 1.807) is 0 Å². The van der Waals surface area contributed by atoms with Gasteiger partial charge in [0.25, 0.3) is 0 Å². The van der Waals surface area contributed by atoms with E-state index in [9.17, 15) is 13.6 Å². The number of benzene rings is 2. The summed E-state index contributed by atoms with van der Waals surface area (Å²) in [5, 5.41) is 10.2. The summed E-state index contributed by atoms with van der Waals surface area (Å²) in [5.74, 6) is -1.18. The maximum Gasteiger partial charge on any atom is 0.365 e. The van der Waals surface area contributed by atoms with Crippen LogP contribution in [0.3, 0.4) is 0 Å². The van der Waals surface area contributed by atoms with Gasteiger partial charge in [-0.2, -0.15) is 10.1 Å². The fraction of sp³-hybridized carbons (Fsp3) is 0.391. The van der Waals surface area contributed by atoms with Crippen molar-refractivity contribution in [2.24, 2.45) is 5.10 Å². The third-order valence-corrected chi connectivity index (χ3v) is 6.29. The van der Waals surface area contributed by atoms with Gasteiger partial charge in [-0.05, 0) is 50.2 Å². The Kier molecular flexibility index (Phi) is 9.61. The van der Waals surface area contributed by atoms with Crippen LogP contribution in [0.25, 0.3) is 0 Å². The van der Waals surface area contributed by atoms with E-state index in [1.165, 1.54) is 30.9 Å². The predicted molar refractivity (Wildman–Crippen MR) is 125 cm³/mol. The number of rotatable bonds is 7. The van der Waals surface area contributed by atoms with Gasteiger partial charge in [0.05, 0.1) is 7.11 Å². The molecule has 0 saturated heterocycles. The lowest BCUT2D eigenvalue weighted by molar-refractivity contribution is -0.0805. The van der Waals surface area contributed by atoms with Gasteiger partial charge < -0.3 is 5.32 Å². The van der Waals surface area contributed by atoms with Gasteiger partial charge in [-0.25, -0.2) is 18.6 Å². The lowest BCUT2D eigenvalue weighted by atomic mass is 10.0. The molecule has 3 rings (SSSR count).